The largest absolute Gasteiger partial charge is 0.494 e. The predicted molar refractivity (Wildman–Crippen MR) is 118 cm³/mol. The molecule has 1 amide bonds. The first-order valence-corrected chi connectivity index (χ1v) is 10.4. The number of nitrogen functional groups attached to an aromatic ring is 1. The van der Waals surface area contributed by atoms with Crippen LogP contribution < -0.4 is 21.3 Å². The molecule has 0 aliphatic rings. The number of benzene rings is 2. The number of hydrogen-bond donors (Lipinski definition) is 3. The van der Waals surface area contributed by atoms with Gasteiger partial charge in [0, 0.05) is 6.54 Å². The summed E-state index contributed by atoms with van der Waals surface area (Å²) in [7, 11) is 0. The highest BCUT2D eigenvalue weighted by Gasteiger charge is 2.12. The van der Waals surface area contributed by atoms with Crippen LogP contribution in [0.4, 0.5) is 10.3 Å². The summed E-state index contributed by atoms with van der Waals surface area (Å²) in [5.74, 6) is 6.55. The third-order valence-corrected chi connectivity index (χ3v) is 4.91. The molecule has 0 atom stereocenters. The molecule has 31 heavy (non-hydrogen) atoms. The van der Waals surface area contributed by atoms with Crippen molar-refractivity contribution in [1.82, 2.24) is 20.2 Å². The Hall–Kier alpha value is -3.60. The summed E-state index contributed by atoms with van der Waals surface area (Å²) >= 11 is 1.14. The Morgan fingerprint density at radius 3 is 2.68 bits per heavy atom. The number of hydrogen-bond acceptors (Lipinski definition) is 8. The molecule has 4 N–H and O–H groups in total. The maximum Gasteiger partial charge on any atom is 0.264 e. The second-order valence-corrected chi connectivity index (χ2v) is 7.18. The van der Waals surface area contributed by atoms with Crippen LogP contribution in [-0.4, -0.2) is 39.4 Å². The molecule has 0 spiro atoms. The van der Waals surface area contributed by atoms with Crippen LogP contribution in [0.3, 0.4) is 0 Å². The molecule has 3 aromatic rings. The van der Waals surface area contributed by atoms with Gasteiger partial charge in [0.15, 0.2) is 0 Å². The minimum Gasteiger partial charge on any atom is -0.494 e. The van der Waals surface area contributed by atoms with Crippen LogP contribution in [0.15, 0.2) is 58.8 Å². The number of halogens is 1. The van der Waals surface area contributed by atoms with E-state index in [1.165, 1.54) is 16.8 Å². The Bertz CT molecular complexity index is 1020. The zero-order valence-corrected chi connectivity index (χ0v) is 17.6. The van der Waals surface area contributed by atoms with Gasteiger partial charge in [0.2, 0.25) is 11.1 Å². The lowest BCUT2D eigenvalue weighted by atomic mass is 10.2. The molecule has 0 radical (unpaired) electrons. The third-order valence-electron chi connectivity index (χ3n) is 3.97. The van der Waals surface area contributed by atoms with Crippen molar-refractivity contribution >= 4 is 29.8 Å². The van der Waals surface area contributed by atoms with Gasteiger partial charge in [-0.3, -0.25) is 4.79 Å². The number of nitrogens with two attached hydrogens (primary N) is 1. The number of nitrogens with zero attached hydrogens (tertiary/aromatic N) is 4. The quantitative estimate of drug-likeness (QED) is 0.190. The number of carbonyl (C=O) groups is 1. The van der Waals surface area contributed by atoms with E-state index in [9.17, 15) is 9.18 Å². The highest BCUT2D eigenvalue weighted by atomic mass is 32.2. The van der Waals surface area contributed by atoms with Crippen molar-refractivity contribution in [3.05, 3.63) is 65.5 Å². The number of aromatic nitrogens is 3. The Labute approximate surface area is 182 Å². The minimum atomic E-state index is -0.318. The standard InChI is InChI=1S/C20H22FN7O2S/c1-2-30-17-9-5-15(6-10-17)12-24-25-19-26-27-20(28(19)22)31-13-18(29)23-11-14-3-7-16(21)8-4-14/h3-10,12H,2,11,13,22H2,1H3,(H,23,29)(H,25,26)/b24-12+. The lowest BCUT2D eigenvalue weighted by Crippen LogP contribution is -2.25. The molecule has 2 aromatic carbocycles. The van der Waals surface area contributed by atoms with Crippen molar-refractivity contribution in [3.63, 3.8) is 0 Å². The number of anilines is 1. The van der Waals surface area contributed by atoms with E-state index in [-0.39, 0.29) is 23.4 Å². The van der Waals surface area contributed by atoms with Crippen molar-refractivity contribution < 1.29 is 13.9 Å². The van der Waals surface area contributed by atoms with Crippen LogP contribution in [0.5, 0.6) is 5.75 Å². The molecule has 11 heteroatoms. The summed E-state index contributed by atoms with van der Waals surface area (Å²) in [6.07, 6.45) is 1.61. The second kappa shape index (κ2) is 11.0. The van der Waals surface area contributed by atoms with E-state index in [1.807, 2.05) is 31.2 Å². The number of amides is 1. The van der Waals surface area contributed by atoms with Gasteiger partial charge in [-0.25, -0.2) is 14.5 Å². The highest BCUT2D eigenvalue weighted by Crippen LogP contribution is 2.16. The van der Waals surface area contributed by atoms with Crippen molar-refractivity contribution in [2.45, 2.75) is 18.6 Å². The summed E-state index contributed by atoms with van der Waals surface area (Å²) < 4.78 is 19.5. The van der Waals surface area contributed by atoms with Gasteiger partial charge in [0.05, 0.1) is 18.6 Å². The van der Waals surface area contributed by atoms with Gasteiger partial charge in [0.1, 0.15) is 11.6 Å². The molecule has 0 saturated heterocycles. The summed E-state index contributed by atoms with van der Waals surface area (Å²) in [6.45, 7) is 2.84. The summed E-state index contributed by atoms with van der Waals surface area (Å²) in [6, 6.07) is 13.4. The molecular formula is C20H22FN7O2S. The normalized spacial score (nSPS) is 10.9. The number of ether oxygens (including phenoxy) is 1. The van der Waals surface area contributed by atoms with Crippen molar-refractivity contribution in [3.8, 4) is 5.75 Å². The lowest BCUT2D eigenvalue weighted by molar-refractivity contribution is -0.118. The van der Waals surface area contributed by atoms with Crippen LogP contribution in [0.2, 0.25) is 0 Å². The monoisotopic (exact) mass is 443 g/mol. The molecule has 1 aromatic heterocycles. The van der Waals surface area contributed by atoms with E-state index >= 15 is 0 Å². The Balaban J connectivity index is 1.45. The number of nitrogens with one attached hydrogen (secondary N) is 2. The first kappa shape index (κ1) is 22.1. The van der Waals surface area contributed by atoms with E-state index in [4.69, 9.17) is 10.6 Å². The lowest BCUT2D eigenvalue weighted by Gasteiger charge is -2.05. The first-order chi connectivity index (χ1) is 15.0. The molecule has 0 aliphatic carbocycles. The molecule has 3 rings (SSSR count). The summed E-state index contributed by atoms with van der Waals surface area (Å²) in [4.78, 5) is 12.0. The molecule has 0 fully saturated rings. The molecule has 0 saturated carbocycles. The Kier molecular flexibility index (Phi) is 7.82. The van der Waals surface area contributed by atoms with Gasteiger partial charge in [-0.1, -0.05) is 23.9 Å². The number of rotatable bonds is 10. The second-order valence-electron chi connectivity index (χ2n) is 6.24. The van der Waals surface area contributed by atoms with Gasteiger partial charge >= 0.3 is 0 Å². The molecule has 0 unspecified atom stereocenters. The fourth-order valence-electron chi connectivity index (χ4n) is 2.42. The van der Waals surface area contributed by atoms with E-state index in [0.29, 0.717) is 18.3 Å². The van der Waals surface area contributed by atoms with E-state index < -0.39 is 0 Å². The Morgan fingerprint density at radius 2 is 1.97 bits per heavy atom. The van der Waals surface area contributed by atoms with Gasteiger partial charge < -0.3 is 15.9 Å². The highest BCUT2D eigenvalue weighted by molar-refractivity contribution is 7.99. The fraction of sp³-hybridized carbons (Fsp3) is 0.200. The summed E-state index contributed by atoms with van der Waals surface area (Å²) in [5, 5.41) is 15.1. The topological polar surface area (TPSA) is 119 Å². The minimum absolute atomic E-state index is 0.103. The van der Waals surface area contributed by atoms with Crippen LogP contribution in [0.1, 0.15) is 18.1 Å². The smallest absolute Gasteiger partial charge is 0.264 e. The maximum absolute atomic E-state index is 12.9. The van der Waals surface area contributed by atoms with E-state index in [1.54, 1.807) is 18.3 Å². The first-order valence-electron chi connectivity index (χ1n) is 9.41. The SMILES string of the molecule is CCOc1ccc(/C=N/Nc2nnc(SCC(=O)NCc3ccc(F)cc3)n2N)cc1. The predicted octanol–water partition coefficient (Wildman–Crippen LogP) is 2.38. The summed E-state index contributed by atoms with van der Waals surface area (Å²) in [5.41, 5.74) is 4.39. The average molecular weight is 444 g/mol. The number of hydrazone groups is 1. The van der Waals surface area contributed by atoms with Crippen LogP contribution in [0, 0.1) is 5.82 Å². The third kappa shape index (κ3) is 6.71. The number of thioether (sulfide) groups is 1. The Morgan fingerprint density at radius 1 is 1.23 bits per heavy atom. The van der Waals surface area contributed by atoms with Crippen LogP contribution in [-0.2, 0) is 11.3 Å². The molecular weight excluding hydrogens is 421 g/mol. The molecule has 0 aliphatic heterocycles. The zero-order valence-electron chi connectivity index (χ0n) is 16.8. The van der Waals surface area contributed by atoms with Crippen molar-refractivity contribution in [1.29, 1.82) is 0 Å². The van der Waals surface area contributed by atoms with Crippen molar-refractivity contribution in [2.75, 3.05) is 23.6 Å². The fourth-order valence-corrected chi connectivity index (χ4v) is 3.10. The molecule has 1 heterocycles. The zero-order chi connectivity index (χ0) is 22.1. The van der Waals surface area contributed by atoms with Crippen molar-refractivity contribution in [2.24, 2.45) is 5.10 Å². The van der Waals surface area contributed by atoms with E-state index in [2.05, 4.69) is 26.0 Å². The van der Waals surface area contributed by atoms with Crippen LogP contribution >= 0.6 is 11.8 Å². The molecule has 9 nitrogen and oxygen atoms in total. The molecule has 162 valence electrons. The van der Waals surface area contributed by atoms with Gasteiger partial charge in [-0.05, 0) is 54.4 Å². The maximum atomic E-state index is 12.9. The van der Waals surface area contributed by atoms with Crippen LogP contribution in [0.25, 0.3) is 0 Å². The molecule has 0 bridgehead atoms. The average Bonchev–Trinajstić information content (AvgIpc) is 3.13. The van der Waals surface area contributed by atoms with Gasteiger partial charge in [0.25, 0.3) is 5.95 Å². The van der Waals surface area contributed by atoms with E-state index in [0.717, 1.165) is 28.6 Å². The number of carbonyl (C=O) groups excluding carboxylic acids is 1. The van der Waals surface area contributed by atoms with Gasteiger partial charge in [-0.2, -0.15) is 5.10 Å². The van der Waals surface area contributed by atoms with Gasteiger partial charge in [-0.15, -0.1) is 10.2 Å².